The van der Waals surface area contributed by atoms with E-state index in [-0.39, 0.29) is 22.5 Å². The predicted molar refractivity (Wildman–Crippen MR) is 86.3 cm³/mol. The second-order valence-corrected chi connectivity index (χ2v) is 5.86. The standard InChI is InChI=1S/C15H15N5OS/c1-10(14(21)20(2)12-6-4-3-5-7-12)22-15-18-9-11(8-16)13(17)19-15/h3-7,9-10H,1-2H3,(H2,17,18,19). The number of nitriles is 1. The molecule has 0 fully saturated rings. The molecule has 22 heavy (non-hydrogen) atoms. The molecule has 2 rings (SSSR count). The summed E-state index contributed by atoms with van der Waals surface area (Å²) in [5.74, 6) is 0.0544. The van der Waals surface area contributed by atoms with Crippen LogP contribution in [-0.2, 0) is 4.79 Å². The van der Waals surface area contributed by atoms with Crippen LogP contribution in [0.5, 0.6) is 0 Å². The minimum absolute atomic E-state index is 0.0669. The number of nitrogen functional groups attached to an aromatic ring is 1. The zero-order valence-electron chi connectivity index (χ0n) is 12.2. The molecule has 1 unspecified atom stereocenters. The maximum absolute atomic E-state index is 12.4. The van der Waals surface area contributed by atoms with E-state index in [4.69, 9.17) is 11.0 Å². The maximum Gasteiger partial charge on any atom is 0.240 e. The summed E-state index contributed by atoms with van der Waals surface area (Å²) in [6, 6.07) is 11.3. The van der Waals surface area contributed by atoms with Crippen LogP contribution in [-0.4, -0.2) is 28.2 Å². The monoisotopic (exact) mass is 313 g/mol. The summed E-state index contributed by atoms with van der Waals surface area (Å²) in [6.07, 6.45) is 1.36. The van der Waals surface area contributed by atoms with Gasteiger partial charge in [-0.15, -0.1) is 0 Å². The van der Waals surface area contributed by atoms with Crippen molar-refractivity contribution in [3.63, 3.8) is 0 Å². The number of benzene rings is 1. The van der Waals surface area contributed by atoms with Crippen molar-refractivity contribution in [1.82, 2.24) is 9.97 Å². The highest BCUT2D eigenvalue weighted by Gasteiger charge is 2.21. The number of nitrogens with two attached hydrogens (primary N) is 1. The summed E-state index contributed by atoms with van der Waals surface area (Å²) in [5, 5.41) is 8.80. The molecule has 2 N–H and O–H groups in total. The molecule has 0 saturated heterocycles. The third-order valence-electron chi connectivity index (χ3n) is 3.02. The molecular formula is C15H15N5OS. The van der Waals surface area contributed by atoms with Crippen LogP contribution in [0.2, 0.25) is 0 Å². The lowest BCUT2D eigenvalue weighted by Gasteiger charge is -2.20. The second-order valence-electron chi connectivity index (χ2n) is 4.56. The molecule has 0 aliphatic carbocycles. The molecule has 1 amide bonds. The first-order valence-electron chi connectivity index (χ1n) is 6.55. The van der Waals surface area contributed by atoms with Gasteiger partial charge >= 0.3 is 0 Å². The fraction of sp³-hybridized carbons (Fsp3) is 0.200. The second kappa shape index (κ2) is 6.91. The number of rotatable bonds is 4. The first-order valence-corrected chi connectivity index (χ1v) is 7.42. The average Bonchev–Trinajstić information content (AvgIpc) is 2.54. The molecule has 2 aromatic rings. The summed E-state index contributed by atoms with van der Waals surface area (Å²) < 4.78 is 0. The van der Waals surface area contributed by atoms with Crippen LogP contribution in [0.15, 0.2) is 41.7 Å². The summed E-state index contributed by atoms with van der Waals surface area (Å²) in [5.41, 5.74) is 6.70. The Morgan fingerprint density at radius 3 is 2.68 bits per heavy atom. The third kappa shape index (κ3) is 3.54. The largest absolute Gasteiger partial charge is 0.382 e. The van der Waals surface area contributed by atoms with Gasteiger partial charge in [0, 0.05) is 12.7 Å². The van der Waals surface area contributed by atoms with Gasteiger partial charge in [-0.1, -0.05) is 30.0 Å². The molecule has 0 bridgehead atoms. The van der Waals surface area contributed by atoms with E-state index in [1.807, 2.05) is 36.4 Å². The van der Waals surface area contributed by atoms with Gasteiger partial charge in [-0.3, -0.25) is 4.79 Å². The molecule has 1 atom stereocenters. The van der Waals surface area contributed by atoms with Crippen molar-refractivity contribution in [2.45, 2.75) is 17.3 Å². The number of hydrogen-bond donors (Lipinski definition) is 1. The highest BCUT2D eigenvalue weighted by atomic mass is 32.2. The van der Waals surface area contributed by atoms with Gasteiger partial charge in [0.15, 0.2) is 5.16 Å². The van der Waals surface area contributed by atoms with E-state index >= 15 is 0 Å². The van der Waals surface area contributed by atoms with Crippen molar-refractivity contribution in [3.8, 4) is 6.07 Å². The van der Waals surface area contributed by atoms with Crippen molar-refractivity contribution in [1.29, 1.82) is 5.26 Å². The number of carbonyl (C=O) groups excluding carboxylic acids is 1. The fourth-order valence-electron chi connectivity index (χ4n) is 1.78. The number of amides is 1. The Balaban J connectivity index is 2.09. The Labute approximate surface area is 133 Å². The van der Waals surface area contributed by atoms with E-state index in [9.17, 15) is 4.79 Å². The van der Waals surface area contributed by atoms with Crippen LogP contribution in [0.25, 0.3) is 0 Å². The van der Waals surface area contributed by atoms with E-state index in [0.717, 1.165) is 5.69 Å². The minimum Gasteiger partial charge on any atom is -0.382 e. The van der Waals surface area contributed by atoms with E-state index in [0.29, 0.717) is 5.16 Å². The molecular weight excluding hydrogens is 298 g/mol. The van der Waals surface area contributed by atoms with Gasteiger partial charge in [0.05, 0.1) is 11.4 Å². The number of thioether (sulfide) groups is 1. The zero-order chi connectivity index (χ0) is 16.1. The average molecular weight is 313 g/mol. The molecule has 0 radical (unpaired) electrons. The van der Waals surface area contributed by atoms with Gasteiger partial charge in [0.2, 0.25) is 5.91 Å². The molecule has 0 aliphatic rings. The summed E-state index contributed by atoms with van der Waals surface area (Å²) in [6.45, 7) is 1.78. The molecule has 1 aromatic heterocycles. The minimum atomic E-state index is -0.377. The first kappa shape index (κ1) is 15.8. The number of nitrogens with zero attached hydrogens (tertiary/aromatic N) is 4. The SMILES string of the molecule is CC(Sc1ncc(C#N)c(N)n1)C(=O)N(C)c1ccccc1. The molecule has 112 valence electrons. The molecule has 0 saturated carbocycles. The topological polar surface area (TPSA) is 95.9 Å². The normalized spacial score (nSPS) is 11.5. The summed E-state index contributed by atoms with van der Waals surface area (Å²) in [7, 11) is 1.72. The fourth-order valence-corrected chi connectivity index (χ4v) is 2.62. The lowest BCUT2D eigenvalue weighted by atomic mass is 10.3. The van der Waals surface area contributed by atoms with Crippen LogP contribution in [0, 0.1) is 11.3 Å². The van der Waals surface area contributed by atoms with E-state index in [2.05, 4.69) is 9.97 Å². The maximum atomic E-state index is 12.4. The number of aromatic nitrogens is 2. The van der Waals surface area contributed by atoms with Crippen LogP contribution in [0.1, 0.15) is 12.5 Å². The van der Waals surface area contributed by atoms with Crippen LogP contribution in [0.4, 0.5) is 11.5 Å². The van der Waals surface area contributed by atoms with Gasteiger partial charge in [-0.05, 0) is 19.1 Å². The van der Waals surface area contributed by atoms with Crippen LogP contribution < -0.4 is 10.6 Å². The lowest BCUT2D eigenvalue weighted by Crippen LogP contribution is -2.33. The Hall–Kier alpha value is -2.59. The number of anilines is 2. The van der Waals surface area contributed by atoms with Crippen molar-refractivity contribution in [3.05, 3.63) is 42.1 Å². The van der Waals surface area contributed by atoms with Gasteiger partial charge in [0.1, 0.15) is 17.5 Å². The van der Waals surface area contributed by atoms with Crippen molar-refractivity contribution >= 4 is 29.2 Å². The molecule has 0 aliphatic heterocycles. The Morgan fingerprint density at radius 1 is 1.41 bits per heavy atom. The lowest BCUT2D eigenvalue weighted by molar-refractivity contribution is -0.117. The third-order valence-corrected chi connectivity index (χ3v) is 3.98. The van der Waals surface area contributed by atoms with Gasteiger partial charge in [0.25, 0.3) is 0 Å². The first-order chi connectivity index (χ1) is 10.5. The number of carbonyl (C=O) groups is 1. The Bertz CT molecular complexity index is 714. The molecule has 6 nitrogen and oxygen atoms in total. The van der Waals surface area contributed by atoms with Gasteiger partial charge in [-0.25, -0.2) is 9.97 Å². The Morgan fingerprint density at radius 2 is 2.09 bits per heavy atom. The van der Waals surface area contributed by atoms with Crippen LogP contribution >= 0.6 is 11.8 Å². The number of hydrogen-bond acceptors (Lipinski definition) is 6. The van der Waals surface area contributed by atoms with E-state index < -0.39 is 0 Å². The number of para-hydroxylation sites is 1. The summed E-state index contributed by atoms with van der Waals surface area (Å²) >= 11 is 1.21. The molecule has 7 heteroatoms. The molecule has 0 spiro atoms. The molecule has 1 aromatic carbocycles. The van der Waals surface area contributed by atoms with Gasteiger partial charge < -0.3 is 10.6 Å². The quantitative estimate of drug-likeness (QED) is 0.685. The van der Waals surface area contributed by atoms with Crippen LogP contribution in [0.3, 0.4) is 0 Å². The predicted octanol–water partition coefficient (Wildman–Crippen LogP) is 2.07. The Kier molecular flexibility index (Phi) is 4.96. The van der Waals surface area contributed by atoms with Gasteiger partial charge in [-0.2, -0.15) is 5.26 Å². The van der Waals surface area contributed by atoms with Crippen molar-refractivity contribution in [2.24, 2.45) is 0 Å². The van der Waals surface area contributed by atoms with Crippen molar-refractivity contribution in [2.75, 3.05) is 17.7 Å². The molecule has 1 heterocycles. The van der Waals surface area contributed by atoms with Crippen molar-refractivity contribution < 1.29 is 4.79 Å². The highest BCUT2D eigenvalue weighted by molar-refractivity contribution is 8.00. The zero-order valence-corrected chi connectivity index (χ0v) is 13.0. The smallest absolute Gasteiger partial charge is 0.240 e. The highest BCUT2D eigenvalue weighted by Crippen LogP contribution is 2.24. The van der Waals surface area contributed by atoms with E-state index in [1.165, 1.54) is 18.0 Å². The van der Waals surface area contributed by atoms with E-state index in [1.54, 1.807) is 18.9 Å². The summed E-state index contributed by atoms with van der Waals surface area (Å²) in [4.78, 5) is 22.1.